The van der Waals surface area contributed by atoms with E-state index < -0.39 is 22.6 Å². The minimum absolute atomic E-state index is 0.151. The molecule has 0 spiro atoms. The highest BCUT2D eigenvalue weighted by Crippen LogP contribution is 2.31. The summed E-state index contributed by atoms with van der Waals surface area (Å²) < 4.78 is 61.9. The molecule has 3 aromatic heterocycles. The Hall–Kier alpha value is -3.15. The number of hydrogen-bond donors (Lipinski definition) is 2. The smallest absolute Gasteiger partial charge is 0.336 e. The molecule has 0 amide bonds. The molecule has 0 aliphatic heterocycles. The highest BCUT2D eigenvalue weighted by molar-refractivity contribution is 7.90. The van der Waals surface area contributed by atoms with Crippen molar-refractivity contribution in [3.63, 3.8) is 0 Å². The molecule has 1 aromatic carbocycles. The van der Waals surface area contributed by atoms with Gasteiger partial charge in [-0.15, -0.1) is 0 Å². The minimum atomic E-state index is -4.38. The lowest BCUT2D eigenvalue weighted by molar-refractivity contribution is -0.142. The van der Waals surface area contributed by atoms with Crippen LogP contribution in [-0.4, -0.2) is 45.8 Å². The van der Waals surface area contributed by atoms with Gasteiger partial charge < -0.3 is 5.32 Å². The van der Waals surface area contributed by atoms with E-state index in [9.17, 15) is 21.6 Å². The fraction of sp³-hybridized carbons (Fsp3) is 0.188. The molecular weight excluding hydrogens is 397 g/mol. The lowest BCUT2D eigenvalue weighted by atomic mass is 10.1. The van der Waals surface area contributed by atoms with Gasteiger partial charge in [-0.25, -0.2) is 13.4 Å². The van der Waals surface area contributed by atoms with Gasteiger partial charge >= 0.3 is 6.18 Å². The van der Waals surface area contributed by atoms with Gasteiger partial charge in [0.2, 0.25) is 0 Å². The molecule has 28 heavy (non-hydrogen) atoms. The molecule has 0 unspecified atom stereocenters. The molecular formula is C16H13F3N6O2S. The molecule has 3 heterocycles. The van der Waals surface area contributed by atoms with Crippen LogP contribution in [0.15, 0.2) is 41.7 Å². The molecule has 4 rings (SSSR count). The second-order valence-electron chi connectivity index (χ2n) is 6.24. The average Bonchev–Trinajstić information content (AvgIpc) is 3.22. The number of aromatic amines is 1. The van der Waals surface area contributed by atoms with E-state index in [1.807, 2.05) is 0 Å². The van der Waals surface area contributed by atoms with E-state index in [2.05, 4.69) is 25.6 Å². The van der Waals surface area contributed by atoms with Crippen molar-refractivity contribution in [2.24, 2.45) is 0 Å². The number of rotatable bonds is 4. The van der Waals surface area contributed by atoms with Crippen LogP contribution in [0.25, 0.3) is 21.8 Å². The topological polar surface area (TPSA) is 106 Å². The molecule has 0 aliphatic carbocycles. The molecule has 0 atom stereocenters. The number of alkyl halides is 3. The Labute approximate surface area is 156 Å². The molecule has 8 nitrogen and oxygen atoms in total. The summed E-state index contributed by atoms with van der Waals surface area (Å²) in [5.41, 5.74) is 1.31. The van der Waals surface area contributed by atoms with Crippen molar-refractivity contribution < 1.29 is 21.6 Å². The van der Waals surface area contributed by atoms with Crippen molar-refractivity contribution in [2.75, 3.05) is 11.6 Å². The van der Waals surface area contributed by atoms with Crippen LogP contribution in [0.2, 0.25) is 0 Å². The molecule has 0 bridgehead atoms. The van der Waals surface area contributed by atoms with Crippen molar-refractivity contribution in [3.05, 3.63) is 36.8 Å². The highest BCUT2D eigenvalue weighted by atomic mass is 32.2. The summed E-state index contributed by atoms with van der Waals surface area (Å²) >= 11 is 0. The summed E-state index contributed by atoms with van der Waals surface area (Å²) in [6, 6.07) is 4.53. The van der Waals surface area contributed by atoms with Gasteiger partial charge in [0.25, 0.3) is 0 Å². The summed E-state index contributed by atoms with van der Waals surface area (Å²) in [5.74, 6) is 0.332. The van der Waals surface area contributed by atoms with Gasteiger partial charge in [0.15, 0.2) is 15.7 Å². The monoisotopic (exact) mass is 410 g/mol. The summed E-state index contributed by atoms with van der Waals surface area (Å²) in [6.07, 6.45) is 0.742. The molecule has 0 fully saturated rings. The first-order chi connectivity index (χ1) is 13.1. The second-order valence-corrected chi connectivity index (χ2v) is 8.25. The molecule has 0 saturated carbocycles. The van der Waals surface area contributed by atoms with Crippen LogP contribution in [0.5, 0.6) is 0 Å². The number of aromatic nitrogens is 5. The van der Waals surface area contributed by atoms with E-state index in [-0.39, 0.29) is 4.90 Å². The number of halogens is 3. The predicted molar refractivity (Wildman–Crippen MR) is 96.1 cm³/mol. The Morgan fingerprint density at radius 1 is 1.21 bits per heavy atom. The Balaban J connectivity index is 1.77. The van der Waals surface area contributed by atoms with Crippen molar-refractivity contribution in [1.29, 1.82) is 0 Å². The van der Waals surface area contributed by atoms with Crippen LogP contribution >= 0.6 is 0 Å². The number of sulfone groups is 1. The third kappa shape index (κ3) is 3.50. The quantitative estimate of drug-likeness (QED) is 0.536. The Bertz CT molecular complexity index is 1290. The zero-order valence-corrected chi connectivity index (χ0v) is 15.1. The molecule has 0 radical (unpaired) electrons. The molecule has 146 valence electrons. The van der Waals surface area contributed by atoms with Gasteiger partial charge in [-0.3, -0.25) is 9.78 Å². The van der Waals surface area contributed by atoms with E-state index in [1.165, 1.54) is 30.7 Å². The Morgan fingerprint density at radius 2 is 2.00 bits per heavy atom. The van der Waals surface area contributed by atoms with Gasteiger partial charge in [0.05, 0.1) is 28.5 Å². The number of benzene rings is 1. The number of nitrogens with zero attached hydrogens (tertiary/aromatic N) is 4. The van der Waals surface area contributed by atoms with Crippen LogP contribution in [0.1, 0.15) is 0 Å². The second kappa shape index (κ2) is 6.19. The lowest BCUT2D eigenvalue weighted by Crippen LogP contribution is -2.17. The number of H-pyrrole nitrogens is 1. The van der Waals surface area contributed by atoms with Gasteiger partial charge in [0, 0.05) is 23.2 Å². The van der Waals surface area contributed by atoms with Crippen molar-refractivity contribution >= 4 is 43.1 Å². The van der Waals surface area contributed by atoms with Crippen LogP contribution in [0.3, 0.4) is 0 Å². The van der Waals surface area contributed by atoms with Crippen LogP contribution in [-0.2, 0) is 16.4 Å². The van der Waals surface area contributed by atoms with Crippen LogP contribution in [0, 0.1) is 0 Å². The van der Waals surface area contributed by atoms with E-state index >= 15 is 0 Å². The minimum Gasteiger partial charge on any atom is -0.336 e. The van der Waals surface area contributed by atoms with Crippen molar-refractivity contribution in [1.82, 2.24) is 25.0 Å². The first kappa shape index (κ1) is 18.2. The Kier molecular flexibility index (Phi) is 4.03. The SMILES string of the molecule is CS(=O)(=O)c1ccc2nc(Nc3cnn(CC(F)(F)F)c3)c3[nH]ncc3c2c1. The zero-order chi connectivity index (χ0) is 20.1. The first-order valence-electron chi connectivity index (χ1n) is 7.93. The number of nitrogens with one attached hydrogen (secondary N) is 2. The van der Waals surface area contributed by atoms with Gasteiger partial charge in [-0.2, -0.15) is 23.4 Å². The molecule has 12 heteroatoms. The normalized spacial score (nSPS) is 12.7. The third-order valence-electron chi connectivity index (χ3n) is 4.03. The van der Waals surface area contributed by atoms with Crippen LogP contribution < -0.4 is 5.32 Å². The van der Waals surface area contributed by atoms with Crippen molar-refractivity contribution in [2.45, 2.75) is 17.6 Å². The largest absolute Gasteiger partial charge is 0.408 e. The fourth-order valence-electron chi connectivity index (χ4n) is 2.83. The molecule has 0 aliphatic rings. The maximum atomic E-state index is 12.5. The van der Waals surface area contributed by atoms with Crippen LogP contribution in [0.4, 0.5) is 24.7 Å². The van der Waals surface area contributed by atoms with E-state index in [4.69, 9.17) is 0 Å². The number of pyridine rings is 1. The number of anilines is 2. The van der Waals surface area contributed by atoms with E-state index in [1.54, 1.807) is 6.07 Å². The van der Waals surface area contributed by atoms with Gasteiger partial charge in [-0.1, -0.05) is 0 Å². The molecule has 0 saturated heterocycles. The lowest BCUT2D eigenvalue weighted by Gasteiger charge is -2.08. The Morgan fingerprint density at radius 3 is 2.71 bits per heavy atom. The molecule has 4 aromatic rings. The maximum Gasteiger partial charge on any atom is 0.408 e. The van der Waals surface area contributed by atoms with E-state index in [0.29, 0.717) is 33.3 Å². The number of hydrogen-bond acceptors (Lipinski definition) is 6. The number of fused-ring (bicyclic) bond motifs is 3. The third-order valence-corrected chi connectivity index (χ3v) is 5.14. The van der Waals surface area contributed by atoms with E-state index in [0.717, 1.165) is 10.9 Å². The average molecular weight is 410 g/mol. The summed E-state index contributed by atoms with van der Waals surface area (Å²) in [6.45, 7) is -1.20. The van der Waals surface area contributed by atoms with Crippen molar-refractivity contribution in [3.8, 4) is 0 Å². The maximum absolute atomic E-state index is 12.5. The summed E-state index contributed by atoms with van der Waals surface area (Å²) in [7, 11) is -3.39. The standard InChI is InChI=1S/C16H13F3N6O2S/c1-28(26,27)10-2-3-13-11(4-10)12-6-20-24-14(12)15(23-13)22-9-5-21-25(7-9)8-16(17,18)19/h2-7H,8H2,1H3,(H,20,24)(H,22,23). The van der Waals surface area contributed by atoms with Gasteiger partial charge in [-0.05, 0) is 18.2 Å². The zero-order valence-electron chi connectivity index (χ0n) is 14.3. The summed E-state index contributed by atoms with van der Waals surface area (Å²) in [4.78, 5) is 4.59. The highest BCUT2D eigenvalue weighted by Gasteiger charge is 2.28. The first-order valence-corrected chi connectivity index (χ1v) is 9.82. The molecule has 2 N–H and O–H groups in total. The summed E-state index contributed by atoms with van der Waals surface area (Å²) in [5, 5.41) is 14.6. The predicted octanol–water partition coefficient (Wildman–Crippen LogP) is 3.02. The van der Waals surface area contributed by atoms with Gasteiger partial charge in [0.1, 0.15) is 12.1 Å². The fourth-order valence-corrected chi connectivity index (χ4v) is 3.48.